The summed E-state index contributed by atoms with van der Waals surface area (Å²) in [6.45, 7) is 1.70. The molecular formula is C9H10ClN3O4. The maximum atomic E-state index is 11.1. The Labute approximate surface area is 102 Å². The lowest BCUT2D eigenvalue weighted by Gasteiger charge is -2.05. The molecule has 0 amide bonds. The largest absolute Gasteiger partial charge is 0.465 e. The molecule has 8 heteroatoms. The molecule has 0 aliphatic rings. The number of nitrogens with zero attached hydrogens (tertiary/aromatic N) is 2. The van der Waals surface area contributed by atoms with Gasteiger partial charge in [0.25, 0.3) is 0 Å². The Morgan fingerprint density at radius 3 is 2.94 bits per heavy atom. The molecule has 1 rings (SSSR count). The molecule has 92 valence electrons. The number of anilines is 1. The van der Waals surface area contributed by atoms with Gasteiger partial charge in [-0.15, -0.1) is 0 Å². The Hall–Kier alpha value is -1.89. The van der Waals surface area contributed by atoms with Crippen molar-refractivity contribution >= 4 is 29.1 Å². The second-order valence-corrected chi connectivity index (χ2v) is 3.30. The van der Waals surface area contributed by atoms with E-state index in [4.69, 9.17) is 11.6 Å². The Morgan fingerprint density at radius 1 is 1.65 bits per heavy atom. The SMILES string of the molecule is CCOC(=O)CNc1nc(Cl)ccc1[N+](=O)[O-]. The van der Waals surface area contributed by atoms with Gasteiger partial charge >= 0.3 is 11.7 Å². The second-order valence-electron chi connectivity index (χ2n) is 2.92. The van der Waals surface area contributed by atoms with Gasteiger partial charge in [-0.2, -0.15) is 0 Å². The van der Waals surface area contributed by atoms with Gasteiger partial charge in [0.1, 0.15) is 11.7 Å². The number of nitro groups is 1. The molecule has 1 N–H and O–H groups in total. The summed E-state index contributed by atoms with van der Waals surface area (Å²) in [5.74, 6) is -0.584. The number of hydrogen-bond donors (Lipinski definition) is 1. The summed E-state index contributed by atoms with van der Waals surface area (Å²) in [4.78, 5) is 24.9. The van der Waals surface area contributed by atoms with Crippen LogP contribution in [-0.4, -0.2) is 29.0 Å². The fourth-order valence-electron chi connectivity index (χ4n) is 1.07. The van der Waals surface area contributed by atoms with Crippen molar-refractivity contribution in [2.24, 2.45) is 0 Å². The van der Waals surface area contributed by atoms with Crippen LogP contribution in [0.3, 0.4) is 0 Å². The Bertz CT molecular complexity index is 438. The van der Waals surface area contributed by atoms with E-state index in [-0.39, 0.29) is 29.8 Å². The predicted octanol–water partition coefficient (Wildman–Crippen LogP) is 1.62. The lowest BCUT2D eigenvalue weighted by Crippen LogP contribution is -2.18. The van der Waals surface area contributed by atoms with Crippen molar-refractivity contribution in [3.63, 3.8) is 0 Å². The minimum atomic E-state index is -0.614. The van der Waals surface area contributed by atoms with Gasteiger partial charge in [-0.05, 0) is 13.0 Å². The fourth-order valence-corrected chi connectivity index (χ4v) is 1.22. The summed E-state index contributed by atoms with van der Waals surface area (Å²) in [6, 6.07) is 2.51. The molecule has 0 aliphatic carbocycles. The number of aromatic nitrogens is 1. The van der Waals surface area contributed by atoms with Gasteiger partial charge in [-0.3, -0.25) is 14.9 Å². The van der Waals surface area contributed by atoms with Crippen molar-refractivity contribution in [1.29, 1.82) is 0 Å². The summed E-state index contributed by atoms with van der Waals surface area (Å²) >= 11 is 5.61. The number of esters is 1. The van der Waals surface area contributed by atoms with E-state index >= 15 is 0 Å². The lowest BCUT2D eigenvalue weighted by atomic mass is 10.4. The van der Waals surface area contributed by atoms with Crippen LogP contribution in [0.5, 0.6) is 0 Å². The average Bonchev–Trinajstić information content (AvgIpc) is 2.26. The number of hydrogen-bond acceptors (Lipinski definition) is 6. The van der Waals surface area contributed by atoms with Gasteiger partial charge in [0.15, 0.2) is 0 Å². The molecule has 0 saturated carbocycles. The van der Waals surface area contributed by atoms with E-state index in [0.717, 1.165) is 0 Å². The molecule has 0 saturated heterocycles. The summed E-state index contributed by atoms with van der Waals surface area (Å²) in [5, 5.41) is 13.3. The van der Waals surface area contributed by atoms with Gasteiger partial charge in [-0.1, -0.05) is 11.6 Å². The average molecular weight is 260 g/mol. The summed E-state index contributed by atoms with van der Waals surface area (Å²) < 4.78 is 4.66. The van der Waals surface area contributed by atoms with E-state index < -0.39 is 10.9 Å². The molecule has 0 aromatic carbocycles. The van der Waals surface area contributed by atoms with Crippen molar-refractivity contribution in [2.75, 3.05) is 18.5 Å². The molecule has 0 aliphatic heterocycles. The van der Waals surface area contributed by atoms with Crippen LogP contribution in [0, 0.1) is 10.1 Å². The van der Waals surface area contributed by atoms with Gasteiger partial charge in [0.05, 0.1) is 11.5 Å². The first-order chi connectivity index (χ1) is 8.04. The highest BCUT2D eigenvalue weighted by Gasteiger charge is 2.16. The Kier molecular flexibility index (Phi) is 4.65. The van der Waals surface area contributed by atoms with Crippen molar-refractivity contribution in [1.82, 2.24) is 4.98 Å². The molecule has 0 bridgehead atoms. The Morgan fingerprint density at radius 2 is 2.35 bits per heavy atom. The van der Waals surface area contributed by atoms with E-state index in [1.54, 1.807) is 6.92 Å². The molecule has 17 heavy (non-hydrogen) atoms. The molecule has 7 nitrogen and oxygen atoms in total. The van der Waals surface area contributed by atoms with Crippen LogP contribution < -0.4 is 5.32 Å². The van der Waals surface area contributed by atoms with Crippen LogP contribution in [0.4, 0.5) is 11.5 Å². The molecule has 1 aromatic heterocycles. The third-order valence-electron chi connectivity index (χ3n) is 1.74. The molecule has 0 radical (unpaired) electrons. The molecule has 0 unspecified atom stereocenters. The zero-order chi connectivity index (χ0) is 12.8. The maximum Gasteiger partial charge on any atom is 0.325 e. The number of halogens is 1. The van der Waals surface area contributed by atoms with E-state index in [2.05, 4.69) is 15.0 Å². The van der Waals surface area contributed by atoms with Crippen LogP contribution in [0.1, 0.15) is 6.92 Å². The minimum Gasteiger partial charge on any atom is -0.465 e. The topological polar surface area (TPSA) is 94.4 Å². The number of carbonyl (C=O) groups excluding carboxylic acids is 1. The predicted molar refractivity (Wildman–Crippen MR) is 61.0 cm³/mol. The van der Waals surface area contributed by atoms with Crippen molar-refractivity contribution in [3.8, 4) is 0 Å². The molecule has 0 spiro atoms. The van der Waals surface area contributed by atoms with Crippen LogP contribution in [-0.2, 0) is 9.53 Å². The number of pyridine rings is 1. The second kappa shape index (κ2) is 6.00. The summed E-state index contributed by atoms with van der Waals surface area (Å²) in [7, 11) is 0. The highest BCUT2D eigenvalue weighted by molar-refractivity contribution is 6.29. The molecule has 1 aromatic rings. The van der Waals surface area contributed by atoms with E-state index in [0.29, 0.717) is 0 Å². The van der Waals surface area contributed by atoms with Gasteiger partial charge < -0.3 is 10.1 Å². The first-order valence-corrected chi connectivity index (χ1v) is 5.12. The fraction of sp³-hybridized carbons (Fsp3) is 0.333. The van der Waals surface area contributed by atoms with Crippen LogP contribution in [0.25, 0.3) is 0 Å². The quantitative estimate of drug-likeness (QED) is 0.374. The third kappa shape index (κ3) is 3.87. The number of rotatable bonds is 5. The first kappa shape index (κ1) is 13.2. The van der Waals surface area contributed by atoms with Crippen LogP contribution in [0.15, 0.2) is 12.1 Å². The van der Waals surface area contributed by atoms with E-state index in [1.807, 2.05) is 0 Å². The number of carbonyl (C=O) groups is 1. The number of ether oxygens (including phenoxy) is 1. The molecule has 1 heterocycles. The summed E-state index contributed by atoms with van der Waals surface area (Å²) in [5.41, 5.74) is -0.251. The van der Waals surface area contributed by atoms with E-state index in [1.165, 1.54) is 12.1 Å². The smallest absolute Gasteiger partial charge is 0.325 e. The highest BCUT2D eigenvalue weighted by atomic mass is 35.5. The van der Waals surface area contributed by atoms with E-state index in [9.17, 15) is 14.9 Å². The zero-order valence-corrected chi connectivity index (χ0v) is 9.73. The maximum absolute atomic E-state index is 11.1. The van der Waals surface area contributed by atoms with Gasteiger partial charge in [0.2, 0.25) is 5.82 Å². The Balaban J connectivity index is 2.78. The van der Waals surface area contributed by atoms with Crippen LogP contribution >= 0.6 is 11.6 Å². The van der Waals surface area contributed by atoms with Gasteiger partial charge in [0, 0.05) is 6.07 Å². The van der Waals surface area contributed by atoms with Crippen LogP contribution in [0.2, 0.25) is 5.15 Å². The standard InChI is InChI=1S/C9H10ClN3O4/c1-2-17-8(14)5-11-9-6(13(15)16)3-4-7(10)12-9/h3-4H,2,5H2,1H3,(H,11,12). The lowest BCUT2D eigenvalue weighted by molar-refractivity contribution is -0.384. The van der Waals surface area contributed by atoms with Crippen molar-refractivity contribution < 1.29 is 14.5 Å². The third-order valence-corrected chi connectivity index (χ3v) is 1.95. The normalized spacial score (nSPS) is 9.76. The first-order valence-electron chi connectivity index (χ1n) is 4.75. The zero-order valence-electron chi connectivity index (χ0n) is 8.97. The molecular weight excluding hydrogens is 250 g/mol. The summed E-state index contributed by atoms with van der Waals surface area (Å²) in [6.07, 6.45) is 0. The van der Waals surface area contributed by atoms with Crippen molar-refractivity contribution in [3.05, 3.63) is 27.4 Å². The molecule has 0 atom stereocenters. The molecule has 0 fully saturated rings. The number of nitrogens with one attached hydrogen (secondary N) is 1. The monoisotopic (exact) mass is 259 g/mol. The van der Waals surface area contributed by atoms with Gasteiger partial charge in [-0.25, -0.2) is 4.98 Å². The highest BCUT2D eigenvalue weighted by Crippen LogP contribution is 2.23. The van der Waals surface area contributed by atoms with Crippen molar-refractivity contribution in [2.45, 2.75) is 6.92 Å². The minimum absolute atomic E-state index is 0.0597.